The van der Waals surface area contributed by atoms with E-state index in [1.165, 1.54) is 11.4 Å². The topological polar surface area (TPSA) is 66.5 Å². The first kappa shape index (κ1) is 20.0. The van der Waals surface area contributed by atoms with Crippen LogP contribution >= 0.6 is 0 Å². The van der Waals surface area contributed by atoms with Crippen LogP contribution in [0.4, 0.5) is 5.69 Å². The van der Waals surface area contributed by atoms with E-state index in [1.807, 2.05) is 32.9 Å². The van der Waals surface area contributed by atoms with Crippen LogP contribution in [0.5, 0.6) is 0 Å². The van der Waals surface area contributed by atoms with Gasteiger partial charge in [-0.3, -0.25) is 9.10 Å². The van der Waals surface area contributed by atoms with E-state index in [4.69, 9.17) is 0 Å². The van der Waals surface area contributed by atoms with Crippen LogP contribution in [-0.4, -0.2) is 27.1 Å². The molecule has 26 heavy (non-hydrogen) atoms. The average Bonchev–Trinajstić information content (AvgIpc) is 2.63. The van der Waals surface area contributed by atoms with E-state index < -0.39 is 10.0 Å². The van der Waals surface area contributed by atoms with E-state index >= 15 is 0 Å². The number of benzene rings is 2. The molecule has 2 aromatic carbocycles. The van der Waals surface area contributed by atoms with Crippen molar-refractivity contribution in [2.24, 2.45) is 0 Å². The lowest BCUT2D eigenvalue weighted by Gasteiger charge is -2.19. The average molecular weight is 375 g/mol. The fraction of sp³-hybridized carbons (Fsp3) is 0.350. The van der Waals surface area contributed by atoms with Crippen molar-refractivity contribution >= 4 is 21.6 Å². The molecule has 0 aromatic heterocycles. The second-order valence-electron chi connectivity index (χ2n) is 6.47. The number of aryl methyl sites for hydroxylation is 2. The third-order valence-corrected chi connectivity index (χ3v) is 6.30. The van der Waals surface area contributed by atoms with Crippen LogP contribution in [0.15, 0.2) is 42.5 Å². The van der Waals surface area contributed by atoms with Crippen LogP contribution in [0.3, 0.4) is 0 Å². The summed E-state index contributed by atoms with van der Waals surface area (Å²) >= 11 is 0. The molecule has 0 aliphatic carbocycles. The number of hydrogen-bond donors (Lipinski definition) is 1. The van der Waals surface area contributed by atoms with Gasteiger partial charge in [0.2, 0.25) is 10.0 Å². The number of nitrogens with one attached hydrogen (secondary N) is 1. The summed E-state index contributed by atoms with van der Waals surface area (Å²) in [5, 5.41) is 3.00. The molecule has 2 rings (SSSR count). The molecule has 2 aromatic rings. The van der Waals surface area contributed by atoms with Crippen LogP contribution in [-0.2, 0) is 10.0 Å². The monoisotopic (exact) mass is 374 g/mol. The fourth-order valence-electron chi connectivity index (χ4n) is 2.76. The molecule has 1 N–H and O–H groups in total. The first-order valence-corrected chi connectivity index (χ1v) is 10.2. The Kier molecular flexibility index (Phi) is 6.08. The molecule has 6 heteroatoms. The quantitative estimate of drug-likeness (QED) is 0.840. The lowest BCUT2D eigenvalue weighted by atomic mass is 9.99. The van der Waals surface area contributed by atoms with E-state index in [9.17, 15) is 13.2 Å². The van der Waals surface area contributed by atoms with Gasteiger partial charge in [-0.25, -0.2) is 8.42 Å². The number of anilines is 1. The number of amides is 1. The number of rotatable bonds is 6. The Morgan fingerprint density at radius 3 is 2.31 bits per heavy atom. The highest BCUT2D eigenvalue weighted by molar-refractivity contribution is 7.92. The number of carbonyl (C=O) groups is 1. The van der Waals surface area contributed by atoms with Gasteiger partial charge in [0.05, 0.1) is 17.5 Å². The van der Waals surface area contributed by atoms with E-state index in [-0.39, 0.29) is 17.7 Å². The smallest absolute Gasteiger partial charge is 0.251 e. The minimum absolute atomic E-state index is 0.0269. The van der Waals surface area contributed by atoms with Crippen LogP contribution in [0.2, 0.25) is 0 Å². The SMILES string of the molecule is CCS(=O)(=O)N(C)c1ccc(C(=O)NC(C)c2cc(C)ccc2C)cc1. The summed E-state index contributed by atoms with van der Waals surface area (Å²) in [7, 11) is -1.81. The fourth-order valence-corrected chi connectivity index (χ4v) is 3.59. The second-order valence-corrected chi connectivity index (χ2v) is 8.76. The molecule has 0 radical (unpaired) electrons. The molecule has 1 unspecified atom stereocenters. The molecule has 0 heterocycles. The van der Waals surface area contributed by atoms with Crippen LogP contribution in [0.25, 0.3) is 0 Å². The van der Waals surface area contributed by atoms with Crippen molar-refractivity contribution in [3.05, 3.63) is 64.7 Å². The van der Waals surface area contributed by atoms with E-state index in [2.05, 4.69) is 11.4 Å². The van der Waals surface area contributed by atoms with Crippen molar-refractivity contribution in [3.8, 4) is 0 Å². The number of nitrogens with zero attached hydrogens (tertiary/aromatic N) is 1. The van der Waals surface area contributed by atoms with Gasteiger partial charge in [0.25, 0.3) is 5.91 Å². The van der Waals surface area contributed by atoms with Crippen LogP contribution in [0, 0.1) is 13.8 Å². The Bertz CT molecular complexity index is 890. The van der Waals surface area contributed by atoms with Gasteiger partial charge in [0.15, 0.2) is 0 Å². The molecule has 0 aliphatic rings. The van der Waals surface area contributed by atoms with Gasteiger partial charge in [-0.15, -0.1) is 0 Å². The second kappa shape index (κ2) is 7.91. The standard InChI is InChI=1S/C20H26N2O3S/c1-6-26(24,25)22(5)18-11-9-17(10-12-18)20(23)21-16(4)19-13-14(2)7-8-15(19)3/h7-13,16H,6H2,1-5H3,(H,21,23). The summed E-state index contributed by atoms with van der Waals surface area (Å²) in [6, 6.07) is 12.6. The molecule has 0 bridgehead atoms. The highest BCUT2D eigenvalue weighted by atomic mass is 32.2. The first-order chi connectivity index (χ1) is 12.2. The van der Waals surface area contributed by atoms with E-state index in [0.29, 0.717) is 11.3 Å². The molecule has 0 saturated heterocycles. The van der Waals surface area contributed by atoms with E-state index in [0.717, 1.165) is 16.7 Å². The Morgan fingerprint density at radius 2 is 1.73 bits per heavy atom. The highest BCUT2D eigenvalue weighted by Crippen LogP contribution is 2.21. The minimum Gasteiger partial charge on any atom is -0.346 e. The Morgan fingerprint density at radius 1 is 1.12 bits per heavy atom. The predicted molar refractivity (Wildman–Crippen MR) is 106 cm³/mol. The molecular weight excluding hydrogens is 348 g/mol. The van der Waals surface area contributed by atoms with Crippen molar-refractivity contribution in [2.75, 3.05) is 17.1 Å². The normalized spacial score (nSPS) is 12.5. The molecule has 0 saturated carbocycles. The van der Waals surface area contributed by atoms with Gasteiger partial charge in [-0.2, -0.15) is 0 Å². The molecule has 1 amide bonds. The van der Waals surface area contributed by atoms with Crippen molar-refractivity contribution in [2.45, 2.75) is 33.7 Å². The highest BCUT2D eigenvalue weighted by Gasteiger charge is 2.17. The summed E-state index contributed by atoms with van der Waals surface area (Å²) in [4.78, 5) is 12.5. The Labute approximate surface area is 156 Å². The van der Waals surface area contributed by atoms with Crippen molar-refractivity contribution in [3.63, 3.8) is 0 Å². The molecule has 5 nitrogen and oxygen atoms in total. The van der Waals surface area contributed by atoms with Crippen LogP contribution < -0.4 is 9.62 Å². The molecular formula is C20H26N2O3S. The molecule has 0 spiro atoms. The van der Waals surface area contributed by atoms with Crippen molar-refractivity contribution in [1.82, 2.24) is 5.32 Å². The third-order valence-electron chi connectivity index (χ3n) is 4.52. The maximum atomic E-state index is 12.5. The van der Waals surface area contributed by atoms with Crippen molar-refractivity contribution < 1.29 is 13.2 Å². The summed E-state index contributed by atoms with van der Waals surface area (Å²) in [5.74, 6) is -0.162. The lowest BCUT2D eigenvalue weighted by Crippen LogP contribution is -2.29. The molecule has 1 atom stereocenters. The lowest BCUT2D eigenvalue weighted by molar-refractivity contribution is 0.0940. The van der Waals surface area contributed by atoms with Gasteiger partial charge in [0.1, 0.15) is 0 Å². The summed E-state index contributed by atoms with van der Waals surface area (Å²) in [6.45, 7) is 7.60. The summed E-state index contributed by atoms with van der Waals surface area (Å²) < 4.78 is 25.1. The third kappa shape index (κ3) is 4.43. The molecule has 140 valence electrons. The maximum absolute atomic E-state index is 12.5. The number of sulfonamides is 1. The predicted octanol–water partition coefficient (Wildman–Crippen LogP) is 3.58. The zero-order chi connectivity index (χ0) is 19.5. The van der Waals surface area contributed by atoms with Crippen LogP contribution in [0.1, 0.15) is 46.9 Å². The maximum Gasteiger partial charge on any atom is 0.251 e. The largest absolute Gasteiger partial charge is 0.346 e. The molecule has 0 fully saturated rings. The summed E-state index contributed by atoms with van der Waals surface area (Å²) in [5.41, 5.74) is 4.39. The zero-order valence-corrected chi connectivity index (χ0v) is 16.7. The van der Waals surface area contributed by atoms with Gasteiger partial charge in [-0.05, 0) is 63.1 Å². The molecule has 0 aliphatic heterocycles. The Hall–Kier alpha value is -2.34. The number of carbonyl (C=O) groups excluding carboxylic acids is 1. The van der Waals surface area contributed by atoms with E-state index in [1.54, 1.807) is 31.2 Å². The number of hydrogen-bond acceptors (Lipinski definition) is 3. The van der Waals surface area contributed by atoms with Gasteiger partial charge in [-0.1, -0.05) is 23.8 Å². The minimum atomic E-state index is -3.32. The zero-order valence-electron chi connectivity index (χ0n) is 15.9. The van der Waals surface area contributed by atoms with Gasteiger partial charge >= 0.3 is 0 Å². The summed E-state index contributed by atoms with van der Waals surface area (Å²) in [6.07, 6.45) is 0. The van der Waals surface area contributed by atoms with Gasteiger partial charge < -0.3 is 5.32 Å². The van der Waals surface area contributed by atoms with Gasteiger partial charge in [0, 0.05) is 12.6 Å². The Balaban J connectivity index is 2.14. The first-order valence-electron chi connectivity index (χ1n) is 8.60. The van der Waals surface area contributed by atoms with Crippen molar-refractivity contribution in [1.29, 1.82) is 0 Å².